The van der Waals surface area contributed by atoms with Crippen LogP contribution in [0.2, 0.25) is 0 Å². The maximum Gasteiger partial charge on any atom is 0.0666 e. The van der Waals surface area contributed by atoms with Gasteiger partial charge in [-0.25, -0.2) is 0 Å². The van der Waals surface area contributed by atoms with Gasteiger partial charge in [-0.2, -0.15) is 23.5 Å². The fourth-order valence-corrected chi connectivity index (χ4v) is 5.38. The van der Waals surface area contributed by atoms with Gasteiger partial charge >= 0.3 is 0 Å². The van der Waals surface area contributed by atoms with Gasteiger partial charge in [-0.3, -0.25) is 0 Å². The molecule has 1 aliphatic rings. The van der Waals surface area contributed by atoms with Crippen molar-refractivity contribution in [3.8, 4) is 0 Å². The quantitative estimate of drug-likeness (QED) is 0.653. The van der Waals surface area contributed by atoms with Crippen molar-refractivity contribution in [2.24, 2.45) is 0 Å². The van der Waals surface area contributed by atoms with Crippen molar-refractivity contribution in [1.29, 1.82) is 0 Å². The van der Waals surface area contributed by atoms with Crippen molar-refractivity contribution in [2.45, 2.75) is 87.6 Å². The molecule has 0 aromatic carbocycles. The van der Waals surface area contributed by atoms with Gasteiger partial charge in [0.2, 0.25) is 0 Å². The lowest BCUT2D eigenvalue weighted by molar-refractivity contribution is 0.162. The van der Waals surface area contributed by atoms with Crippen LogP contribution in [0.5, 0.6) is 0 Å². The van der Waals surface area contributed by atoms with Crippen LogP contribution >= 0.6 is 23.5 Å². The molecule has 1 saturated heterocycles. The third kappa shape index (κ3) is 6.21. The number of aliphatic hydroxyl groups is 1. The molecule has 1 aliphatic heterocycles. The lowest BCUT2D eigenvalue weighted by Crippen LogP contribution is -2.34. The third-order valence-corrected chi connectivity index (χ3v) is 7.39. The normalized spacial score (nSPS) is 30.3. The molecule has 0 aromatic rings. The van der Waals surface area contributed by atoms with Gasteiger partial charge in [-0.05, 0) is 6.42 Å². The largest absolute Gasteiger partial charge is 0.392 e. The highest BCUT2D eigenvalue weighted by atomic mass is 32.2. The zero-order valence-electron chi connectivity index (χ0n) is 12.2. The molecule has 0 bridgehead atoms. The lowest BCUT2D eigenvalue weighted by atomic mass is 10.1. The topological polar surface area (TPSA) is 20.2 Å². The van der Waals surface area contributed by atoms with E-state index in [9.17, 15) is 5.11 Å². The zero-order chi connectivity index (χ0) is 13.4. The highest BCUT2D eigenvalue weighted by Crippen LogP contribution is 2.37. The molecular weight excluding hydrogens is 260 g/mol. The minimum atomic E-state index is -0.0800. The van der Waals surface area contributed by atoms with Gasteiger partial charge in [-0.15, -0.1) is 0 Å². The van der Waals surface area contributed by atoms with Crippen LogP contribution in [0.1, 0.15) is 65.7 Å². The predicted molar refractivity (Wildman–Crippen MR) is 86.8 cm³/mol. The smallest absolute Gasteiger partial charge is 0.0666 e. The van der Waals surface area contributed by atoms with Crippen molar-refractivity contribution in [3.63, 3.8) is 0 Å². The van der Waals surface area contributed by atoms with Crippen LogP contribution in [0.4, 0.5) is 0 Å². The lowest BCUT2D eigenvalue weighted by Gasteiger charge is -2.33. The Hall–Kier alpha value is 0.660. The van der Waals surface area contributed by atoms with Crippen molar-refractivity contribution in [2.75, 3.05) is 5.75 Å². The van der Waals surface area contributed by atoms with Crippen LogP contribution in [-0.4, -0.2) is 32.7 Å². The molecule has 108 valence electrons. The van der Waals surface area contributed by atoms with Gasteiger partial charge in [0.15, 0.2) is 0 Å². The van der Waals surface area contributed by atoms with E-state index in [0.29, 0.717) is 10.5 Å². The van der Waals surface area contributed by atoms with Crippen LogP contribution in [0.3, 0.4) is 0 Å². The SMILES string of the molecule is CCCCCCCCC(O)C1CSC(C)C(C)S1. The van der Waals surface area contributed by atoms with Crippen molar-refractivity contribution in [1.82, 2.24) is 0 Å². The van der Waals surface area contributed by atoms with Crippen molar-refractivity contribution < 1.29 is 5.11 Å². The van der Waals surface area contributed by atoms with E-state index in [1.54, 1.807) is 0 Å². The Morgan fingerprint density at radius 3 is 2.39 bits per heavy atom. The molecule has 1 rings (SSSR count). The average Bonchev–Trinajstić information content (AvgIpc) is 2.36. The van der Waals surface area contributed by atoms with E-state index in [-0.39, 0.29) is 6.10 Å². The van der Waals surface area contributed by atoms with Crippen LogP contribution in [0.15, 0.2) is 0 Å². The number of rotatable bonds is 8. The molecule has 0 aromatic heterocycles. The molecule has 1 heterocycles. The van der Waals surface area contributed by atoms with Crippen molar-refractivity contribution in [3.05, 3.63) is 0 Å². The molecule has 0 spiro atoms. The Labute approximate surface area is 122 Å². The van der Waals surface area contributed by atoms with E-state index in [4.69, 9.17) is 0 Å². The summed E-state index contributed by atoms with van der Waals surface area (Å²) in [6.45, 7) is 6.86. The van der Waals surface area contributed by atoms with E-state index in [2.05, 4.69) is 20.8 Å². The molecule has 0 amide bonds. The van der Waals surface area contributed by atoms with Gasteiger partial charge < -0.3 is 5.11 Å². The van der Waals surface area contributed by atoms with Gasteiger partial charge in [0.05, 0.1) is 6.10 Å². The Balaban J connectivity index is 2.07. The van der Waals surface area contributed by atoms with E-state index in [0.717, 1.165) is 17.4 Å². The number of hydrogen-bond acceptors (Lipinski definition) is 3. The summed E-state index contributed by atoms with van der Waals surface area (Å²) in [5.74, 6) is 1.13. The number of hydrogen-bond donors (Lipinski definition) is 1. The Morgan fingerprint density at radius 2 is 1.72 bits per heavy atom. The summed E-state index contributed by atoms with van der Waals surface area (Å²) in [6, 6.07) is 0. The van der Waals surface area contributed by atoms with Crippen LogP contribution in [0.25, 0.3) is 0 Å². The minimum absolute atomic E-state index is 0.0800. The minimum Gasteiger partial charge on any atom is -0.392 e. The third-order valence-electron chi connectivity index (χ3n) is 3.86. The Morgan fingerprint density at radius 1 is 1.06 bits per heavy atom. The summed E-state index contributed by atoms with van der Waals surface area (Å²) in [4.78, 5) is 0. The number of thioether (sulfide) groups is 2. The molecule has 1 fully saturated rings. The molecule has 3 heteroatoms. The van der Waals surface area contributed by atoms with Gasteiger partial charge in [0.1, 0.15) is 0 Å². The second-order valence-corrected chi connectivity index (χ2v) is 8.57. The standard InChI is InChI=1S/C15H30OS2/c1-4-5-6-7-8-9-10-14(16)15-11-17-12(2)13(3)18-15/h12-16H,4-11H2,1-3H3. The van der Waals surface area contributed by atoms with Gasteiger partial charge in [-0.1, -0.05) is 59.3 Å². The maximum absolute atomic E-state index is 10.2. The first-order chi connectivity index (χ1) is 8.65. The first-order valence-electron chi connectivity index (χ1n) is 7.60. The van der Waals surface area contributed by atoms with E-state index in [1.165, 1.54) is 38.5 Å². The summed E-state index contributed by atoms with van der Waals surface area (Å²) >= 11 is 4.04. The average molecular weight is 291 g/mol. The fourth-order valence-electron chi connectivity index (χ4n) is 2.33. The van der Waals surface area contributed by atoms with Crippen LogP contribution < -0.4 is 0 Å². The van der Waals surface area contributed by atoms with Crippen molar-refractivity contribution >= 4 is 23.5 Å². The first-order valence-corrected chi connectivity index (χ1v) is 9.59. The monoisotopic (exact) mass is 290 g/mol. The molecule has 4 atom stereocenters. The summed E-state index contributed by atoms with van der Waals surface area (Å²) < 4.78 is 0. The Kier molecular flexibility index (Phi) is 8.86. The second-order valence-electron chi connectivity index (χ2n) is 5.54. The summed E-state index contributed by atoms with van der Waals surface area (Å²) in [5.41, 5.74) is 0. The highest BCUT2D eigenvalue weighted by molar-refractivity contribution is 8.07. The molecular formula is C15H30OS2. The zero-order valence-corrected chi connectivity index (χ0v) is 13.9. The summed E-state index contributed by atoms with van der Waals surface area (Å²) in [6.07, 6.45) is 8.83. The first kappa shape index (κ1) is 16.7. The molecule has 4 unspecified atom stereocenters. The molecule has 0 radical (unpaired) electrons. The molecule has 18 heavy (non-hydrogen) atoms. The molecule has 0 saturated carbocycles. The predicted octanol–water partition coefficient (Wildman–Crippen LogP) is 4.72. The summed E-state index contributed by atoms with van der Waals surface area (Å²) in [7, 11) is 0. The summed E-state index contributed by atoms with van der Waals surface area (Å²) in [5, 5.41) is 12.1. The molecule has 1 N–H and O–H groups in total. The van der Waals surface area contributed by atoms with E-state index < -0.39 is 0 Å². The van der Waals surface area contributed by atoms with E-state index in [1.807, 2.05) is 23.5 Å². The maximum atomic E-state index is 10.2. The Bertz CT molecular complexity index is 211. The number of aliphatic hydroxyl groups excluding tert-OH is 1. The fraction of sp³-hybridized carbons (Fsp3) is 1.00. The van der Waals surface area contributed by atoms with Crippen LogP contribution in [0, 0.1) is 0 Å². The van der Waals surface area contributed by atoms with Crippen LogP contribution in [-0.2, 0) is 0 Å². The van der Waals surface area contributed by atoms with Gasteiger partial charge in [0, 0.05) is 21.5 Å². The molecule has 0 aliphatic carbocycles. The number of unbranched alkanes of at least 4 members (excludes halogenated alkanes) is 5. The molecule has 1 nitrogen and oxygen atoms in total. The second kappa shape index (κ2) is 9.55. The highest BCUT2D eigenvalue weighted by Gasteiger charge is 2.29. The van der Waals surface area contributed by atoms with Gasteiger partial charge in [0.25, 0.3) is 0 Å². The van der Waals surface area contributed by atoms with E-state index >= 15 is 0 Å².